The maximum atomic E-state index is 12.8. The lowest BCUT2D eigenvalue weighted by molar-refractivity contribution is -0.124. The van der Waals surface area contributed by atoms with Gasteiger partial charge in [0, 0.05) is 19.0 Å². The van der Waals surface area contributed by atoms with Crippen LogP contribution in [0.3, 0.4) is 0 Å². The smallest absolute Gasteiger partial charge is 0.224 e. The fraction of sp³-hybridized carbons (Fsp3) is 0.364. The van der Waals surface area contributed by atoms with E-state index in [4.69, 9.17) is 17.3 Å². The molecule has 0 aromatic heterocycles. The van der Waals surface area contributed by atoms with E-state index in [1.165, 1.54) is 12.1 Å². The molecular formula is C11H15Cl2FN2O. The van der Waals surface area contributed by atoms with E-state index < -0.39 is 5.82 Å². The number of nitrogens with one attached hydrogen (secondary N) is 1. The SMILES string of the molecule is CC(CN)C(=O)NCc1ccc(F)c(Cl)c1.Cl. The molecule has 0 aliphatic rings. The van der Waals surface area contributed by atoms with Gasteiger partial charge in [0.15, 0.2) is 0 Å². The molecule has 1 rings (SSSR count). The first-order chi connectivity index (χ1) is 7.54. The normalized spacial score (nSPS) is 11.5. The summed E-state index contributed by atoms with van der Waals surface area (Å²) in [5, 5.41) is 2.75. The molecule has 0 aliphatic carbocycles. The average molecular weight is 281 g/mol. The van der Waals surface area contributed by atoms with Crippen molar-refractivity contribution in [3.63, 3.8) is 0 Å². The summed E-state index contributed by atoms with van der Waals surface area (Å²) in [6.45, 7) is 2.37. The summed E-state index contributed by atoms with van der Waals surface area (Å²) < 4.78 is 12.8. The molecule has 1 aromatic carbocycles. The molecule has 0 radical (unpaired) electrons. The highest BCUT2D eigenvalue weighted by molar-refractivity contribution is 6.30. The molecule has 6 heteroatoms. The Morgan fingerprint density at radius 3 is 2.76 bits per heavy atom. The molecule has 3 nitrogen and oxygen atoms in total. The second-order valence-corrected chi connectivity index (χ2v) is 4.01. The molecule has 1 aromatic rings. The molecule has 96 valence electrons. The van der Waals surface area contributed by atoms with Crippen molar-refractivity contribution < 1.29 is 9.18 Å². The molecule has 17 heavy (non-hydrogen) atoms. The third kappa shape index (κ3) is 4.89. The molecule has 0 heterocycles. The van der Waals surface area contributed by atoms with Gasteiger partial charge in [-0.1, -0.05) is 24.6 Å². The maximum absolute atomic E-state index is 12.8. The number of benzene rings is 1. The molecule has 1 unspecified atom stereocenters. The van der Waals surface area contributed by atoms with Crippen molar-refractivity contribution in [2.45, 2.75) is 13.5 Å². The van der Waals surface area contributed by atoms with Crippen molar-refractivity contribution in [3.05, 3.63) is 34.6 Å². The highest BCUT2D eigenvalue weighted by Gasteiger charge is 2.10. The van der Waals surface area contributed by atoms with Gasteiger partial charge in [-0.2, -0.15) is 0 Å². The summed E-state index contributed by atoms with van der Waals surface area (Å²) in [6, 6.07) is 4.34. The van der Waals surface area contributed by atoms with Crippen molar-refractivity contribution in [2.24, 2.45) is 11.7 Å². The van der Waals surface area contributed by atoms with Crippen molar-refractivity contribution in [1.82, 2.24) is 5.32 Å². The Morgan fingerprint density at radius 1 is 1.59 bits per heavy atom. The van der Waals surface area contributed by atoms with E-state index in [1.807, 2.05) is 0 Å². The summed E-state index contributed by atoms with van der Waals surface area (Å²) in [5.74, 6) is -0.814. The van der Waals surface area contributed by atoms with Crippen molar-refractivity contribution >= 4 is 29.9 Å². The van der Waals surface area contributed by atoms with Gasteiger partial charge in [0.1, 0.15) is 5.82 Å². The minimum Gasteiger partial charge on any atom is -0.352 e. The predicted molar refractivity (Wildman–Crippen MR) is 68.7 cm³/mol. The Kier molecular flexibility index (Phi) is 7.11. The molecule has 0 aliphatic heterocycles. The molecule has 3 N–H and O–H groups in total. The first-order valence-corrected chi connectivity index (χ1v) is 5.34. The van der Waals surface area contributed by atoms with E-state index in [0.29, 0.717) is 13.1 Å². The zero-order valence-corrected chi connectivity index (χ0v) is 10.9. The van der Waals surface area contributed by atoms with Gasteiger partial charge < -0.3 is 11.1 Å². The largest absolute Gasteiger partial charge is 0.352 e. The van der Waals surface area contributed by atoms with Crippen LogP contribution in [0.4, 0.5) is 4.39 Å². The van der Waals surface area contributed by atoms with Gasteiger partial charge in [-0.3, -0.25) is 4.79 Å². The molecule has 0 spiro atoms. The van der Waals surface area contributed by atoms with Crippen LogP contribution in [0.1, 0.15) is 12.5 Å². The molecular weight excluding hydrogens is 266 g/mol. The van der Waals surface area contributed by atoms with Gasteiger partial charge in [-0.05, 0) is 17.7 Å². The third-order valence-electron chi connectivity index (χ3n) is 2.25. The Morgan fingerprint density at radius 2 is 2.24 bits per heavy atom. The van der Waals surface area contributed by atoms with E-state index in [2.05, 4.69) is 5.32 Å². The minimum absolute atomic E-state index is 0. The number of hydrogen-bond acceptors (Lipinski definition) is 2. The Hall–Kier alpha value is -0.840. The Balaban J connectivity index is 0.00000256. The fourth-order valence-electron chi connectivity index (χ4n) is 1.12. The molecule has 0 bridgehead atoms. The van der Waals surface area contributed by atoms with E-state index >= 15 is 0 Å². The van der Waals surface area contributed by atoms with Crippen LogP contribution in [0.25, 0.3) is 0 Å². The number of carbonyl (C=O) groups excluding carboxylic acids is 1. The number of amides is 1. The first-order valence-electron chi connectivity index (χ1n) is 4.96. The zero-order chi connectivity index (χ0) is 12.1. The van der Waals surface area contributed by atoms with Crippen molar-refractivity contribution in [2.75, 3.05) is 6.54 Å². The van der Waals surface area contributed by atoms with E-state index in [0.717, 1.165) is 5.56 Å². The summed E-state index contributed by atoms with van der Waals surface area (Å²) in [7, 11) is 0. The lowest BCUT2D eigenvalue weighted by Gasteiger charge is -2.10. The average Bonchev–Trinajstić information content (AvgIpc) is 2.29. The van der Waals surface area contributed by atoms with E-state index in [-0.39, 0.29) is 29.3 Å². The molecule has 1 atom stereocenters. The van der Waals surface area contributed by atoms with E-state index in [1.54, 1.807) is 13.0 Å². The van der Waals surface area contributed by atoms with Crippen LogP contribution in [0.15, 0.2) is 18.2 Å². The highest BCUT2D eigenvalue weighted by Crippen LogP contribution is 2.15. The second kappa shape index (κ2) is 7.48. The standard InChI is InChI=1S/C11H14ClFN2O.ClH/c1-7(5-14)11(16)15-6-8-2-3-10(13)9(12)4-8;/h2-4,7H,5-6,14H2,1H3,(H,15,16);1H. The van der Waals surface area contributed by atoms with Crippen LogP contribution >= 0.6 is 24.0 Å². The van der Waals surface area contributed by atoms with Crippen LogP contribution in [0.5, 0.6) is 0 Å². The van der Waals surface area contributed by atoms with Crippen LogP contribution < -0.4 is 11.1 Å². The number of hydrogen-bond donors (Lipinski definition) is 2. The maximum Gasteiger partial charge on any atom is 0.224 e. The van der Waals surface area contributed by atoms with Gasteiger partial charge in [-0.25, -0.2) is 4.39 Å². The van der Waals surface area contributed by atoms with Gasteiger partial charge in [-0.15, -0.1) is 12.4 Å². The second-order valence-electron chi connectivity index (χ2n) is 3.60. The van der Waals surface area contributed by atoms with Gasteiger partial charge >= 0.3 is 0 Å². The Bertz CT molecular complexity index is 388. The van der Waals surface area contributed by atoms with Crippen LogP contribution in [-0.2, 0) is 11.3 Å². The fourth-order valence-corrected chi connectivity index (χ4v) is 1.32. The quantitative estimate of drug-likeness (QED) is 0.888. The number of nitrogens with two attached hydrogens (primary N) is 1. The zero-order valence-electron chi connectivity index (χ0n) is 9.37. The lowest BCUT2D eigenvalue weighted by atomic mass is 10.1. The summed E-state index contributed by atoms with van der Waals surface area (Å²) >= 11 is 5.61. The molecule has 1 amide bonds. The first kappa shape index (κ1) is 16.2. The van der Waals surface area contributed by atoms with Gasteiger partial charge in [0.2, 0.25) is 5.91 Å². The molecule has 0 fully saturated rings. The summed E-state index contributed by atoms with van der Waals surface area (Å²) in [5.41, 5.74) is 6.11. The molecule has 0 saturated carbocycles. The number of carbonyl (C=O) groups is 1. The highest BCUT2D eigenvalue weighted by atomic mass is 35.5. The lowest BCUT2D eigenvalue weighted by Crippen LogP contribution is -2.32. The number of halogens is 3. The predicted octanol–water partition coefficient (Wildman–Crippen LogP) is 2.11. The molecule has 0 saturated heterocycles. The van der Waals surface area contributed by atoms with Crippen LogP contribution in [0, 0.1) is 11.7 Å². The van der Waals surface area contributed by atoms with Crippen LogP contribution in [0.2, 0.25) is 5.02 Å². The third-order valence-corrected chi connectivity index (χ3v) is 2.54. The monoisotopic (exact) mass is 280 g/mol. The topological polar surface area (TPSA) is 55.1 Å². The van der Waals surface area contributed by atoms with Gasteiger partial charge in [0.25, 0.3) is 0 Å². The van der Waals surface area contributed by atoms with Crippen molar-refractivity contribution in [1.29, 1.82) is 0 Å². The minimum atomic E-state index is -0.466. The summed E-state index contributed by atoms with van der Waals surface area (Å²) in [6.07, 6.45) is 0. The van der Waals surface area contributed by atoms with Gasteiger partial charge in [0.05, 0.1) is 5.02 Å². The van der Waals surface area contributed by atoms with E-state index in [9.17, 15) is 9.18 Å². The number of rotatable bonds is 4. The summed E-state index contributed by atoms with van der Waals surface area (Å²) in [4.78, 5) is 11.4. The van der Waals surface area contributed by atoms with Crippen molar-refractivity contribution in [3.8, 4) is 0 Å². The van der Waals surface area contributed by atoms with Crippen LogP contribution in [-0.4, -0.2) is 12.5 Å². The Labute approximate surface area is 111 Å².